The van der Waals surface area contributed by atoms with Crippen molar-refractivity contribution in [1.82, 2.24) is 5.32 Å². The second-order valence-electron chi connectivity index (χ2n) is 6.93. The Labute approximate surface area is 154 Å². The first-order chi connectivity index (χ1) is 12.5. The van der Waals surface area contributed by atoms with Crippen LogP contribution in [0.2, 0.25) is 0 Å². The summed E-state index contributed by atoms with van der Waals surface area (Å²) in [5.74, 6) is -0.112. The van der Waals surface area contributed by atoms with Crippen LogP contribution in [0.4, 0.5) is 0 Å². The first kappa shape index (κ1) is 20.1. The minimum Gasteiger partial charge on any atom is -0.490 e. The number of hydrogen-bond donors (Lipinski definition) is 2. The lowest BCUT2D eigenvalue weighted by atomic mass is 9.74. The molecule has 0 aliphatic heterocycles. The number of rotatable bonds is 9. The molecule has 1 aromatic carbocycles. The summed E-state index contributed by atoms with van der Waals surface area (Å²) in [5, 5.41) is 12.4. The number of carbonyl (C=O) groups excluding carboxylic acids is 1. The third-order valence-electron chi connectivity index (χ3n) is 4.89. The van der Waals surface area contributed by atoms with Crippen molar-refractivity contribution in [2.45, 2.75) is 57.9 Å². The molecule has 6 heteroatoms. The molecule has 2 N–H and O–H groups in total. The van der Waals surface area contributed by atoms with E-state index in [1.165, 1.54) is 0 Å². The van der Waals surface area contributed by atoms with E-state index in [9.17, 15) is 14.7 Å². The van der Waals surface area contributed by atoms with Gasteiger partial charge in [0, 0.05) is 6.42 Å². The van der Waals surface area contributed by atoms with Crippen LogP contribution in [0.15, 0.2) is 24.3 Å². The van der Waals surface area contributed by atoms with Crippen molar-refractivity contribution in [2.75, 3.05) is 13.2 Å². The Morgan fingerprint density at radius 3 is 2.58 bits per heavy atom. The molecular weight excluding hydrogens is 334 g/mol. The average Bonchev–Trinajstić information content (AvgIpc) is 2.60. The van der Waals surface area contributed by atoms with E-state index in [0.29, 0.717) is 50.4 Å². The Bertz CT molecular complexity index is 618. The predicted octanol–water partition coefficient (Wildman–Crippen LogP) is 3.39. The first-order valence-corrected chi connectivity index (χ1v) is 9.34. The lowest BCUT2D eigenvalue weighted by molar-refractivity contribution is -0.146. The van der Waals surface area contributed by atoms with Gasteiger partial charge in [-0.2, -0.15) is 0 Å². The van der Waals surface area contributed by atoms with Crippen LogP contribution >= 0.6 is 0 Å². The Morgan fingerprint density at radius 2 is 1.92 bits per heavy atom. The van der Waals surface area contributed by atoms with Gasteiger partial charge < -0.3 is 19.9 Å². The van der Waals surface area contributed by atoms with Gasteiger partial charge in [-0.25, -0.2) is 0 Å². The molecule has 0 aromatic heterocycles. The van der Waals surface area contributed by atoms with Gasteiger partial charge >= 0.3 is 5.97 Å². The van der Waals surface area contributed by atoms with Crippen LogP contribution in [0.5, 0.6) is 11.5 Å². The van der Waals surface area contributed by atoms with Crippen molar-refractivity contribution in [3.05, 3.63) is 24.3 Å². The monoisotopic (exact) mass is 363 g/mol. The van der Waals surface area contributed by atoms with Crippen molar-refractivity contribution in [2.24, 2.45) is 5.92 Å². The molecule has 0 radical (unpaired) electrons. The lowest BCUT2D eigenvalue weighted by Crippen LogP contribution is -2.55. The van der Waals surface area contributed by atoms with Crippen molar-refractivity contribution in [1.29, 1.82) is 0 Å². The second kappa shape index (κ2) is 9.46. The van der Waals surface area contributed by atoms with Gasteiger partial charge in [0.1, 0.15) is 0 Å². The molecule has 0 saturated heterocycles. The highest BCUT2D eigenvalue weighted by atomic mass is 16.5. The van der Waals surface area contributed by atoms with Crippen molar-refractivity contribution < 1.29 is 24.2 Å². The zero-order chi connectivity index (χ0) is 19.0. The molecular formula is C20H29NO5. The van der Waals surface area contributed by atoms with Crippen LogP contribution in [0, 0.1) is 5.92 Å². The number of ether oxygens (including phenoxy) is 2. The number of benzene rings is 1. The van der Waals surface area contributed by atoms with E-state index < -0.39 is 17.4 Å². The van der Waals surface area contributed by atoms with Gasteiger partial charge in [-0.05, 0) is 45.2 Å². The maximum Gasteiger partial charge on any atom is 0.308 e. The third-order valence-corrected chi connectivity index (χ3v) is 4.89. The highest BCUT2D eigenvalue weighted by molar-refractivity contribution is 5.79. The quantitative estimate of drug-likeness (QED) is 0.657. The summed E-state index contributed by atoms with van der Waals surface area (Å²) in [4.78, 5) is 23.8. The zero-order valence-electron chi connectivity index (χ0n) is 15.6. The molecule has 144 valence electrons. The number of aliphatic carboxylic acids is 1. The number of para-hydroxylation sites is 2. The fourth-order valence-electron chi connectivity index (χ4n) is 3.52. The smallest absolute Gasteiger partial charge is 0.308 e. The molecule has 1 aliphatic rings. The van der Waals surface area contributed by atoms with Gasteiger partial charge in [-0.1, -0.05) is 25.0 Å². The van der Waals surface area contributed by atoms with Gasteiger partial charge in [0.15, 0.2) is 11.5 Å². The molecule has 1 saturated carbocycles. The molecule has 2 unspecified atom stereocenters. The van der Waals surface area contributed by atoms with E-state index in [-0.39, 0.29) is 5.91 Å². The molecule has 0 spiro atoms. The fraction of sp³-hybridized carbons (Fsp3) is 0.600. The van der Waals surface area contributed by atoms with E-state index in [2.05, 4.69) is 5.32 Å². The van der Waals surface area contributed by atoms with Gasteiger partial charge in [-0.3, -0.25) is 9.59 Å². The van der Waals surface area contributed by atoms with E-state index in [1.54, 1.807) is 0 Å². The summed E-state index contributed by atoms with van der Waals surface area (Å²) in [6, 6.07) is 7.45. The normalized spacial score (nSPS) is 22.5. The highest BCUT2D eigenvalue weighted by Crippen LogP contribution is 2.34. The topological polar surface area (TPSA) is 84.9 Å². The van der Waals surface area contributed by atoms with E-state index in [4.69, 9.17) is 9.47 Å². The maximum absolute atomic E-state index is 12.3. The SMILES string of the molecule is CCOc1ccccc1OCCCC(=O)NC1(C)CCCCC1C(=O)O. The number of hydrogen-bond acceptors (Lipinski definition) is 4. The van der Waals surface area contributed by atoms with Gasteiger partial charge in [0.2, 0.25) is 5.91 Å². The molecule has 1 aliphatic carbocycles. The molecule has 0 heterocycles. The van der Waals surface area contributed by atoms with Gasteiger partial charge in [0.25, 0.3) is 0 Å². The average molecular weight is 363 g/mol. The second-order valence-corrected chi connectivity index (χ2v) is 6.93. The summed E-state index contributed by atoms with van der Waals surface area (Å²) in [5.41, 5.74) is -0.663. The molecule has 6 nitrogen and oxygen atoms in total. The fourth-order valence-corrected chi connectivity index (χ4v) is 3.52. The maximum atomic E-state index is 12.3. The summed E-state index contributed by atoms with van der Waals surface area (Å²) in [7, 11) is 0. The standard InChI is InChI=1S/C20H29NO5/c1-3-25-16-10-4-5-11-17(16)26-14-8-12-18(22)21-20(2)13-7-6-9-15(20)19(23)24/h4-5,10-11,15H,3,6-9,12-14H2,1-2H3,(H,21,22)(H,23,24). The van der Waals surface area contributed by atoms with E-state index >= 15 is 0 Å². The molecule has 1 amide bonds. The number of carboxylic acids is 1. The molecule has 2 atom stereocenters. The van der Waals surface area contributed by atoms with E-state index in [0.717, 1.165) is 12.8 Å². The van der Waals surface area contributed by atoms with Gasteiger partial charge in [-0.15, -0.1) is 0 Å². The van der Waals surface area contributed by atoms with Crippen molar-refractivity contribution in [3.63, 3.8) is 0 Å². The lowest BCUT2D eigenvalue weighted by Gasteiger charge is -2.39. The molecule has 1 aromatic rings. The van der Waals surface area contributed by atoms with E-state index in [1.807, 2.05) is 38.1 Å². The largest absolute Gasteiger partial charge is 0.490 e. The van der Waals surface area contributed by atoms with Crippen LogP contribution in [0.1, 0.15) is 52.4 Å². The first-order valence-electron chi connectivity index (χ1n) is 9.34. The number of carboxylic acid groups (broad SMARTS) is 1. The van der Waals surface area contributed by atoms with Crippen LogP contribution in [-0.4, -0.2) is 35.7 Å². The predicted molar refractivity (Wildman–Crippen MR) is 98.5 cm³/mol. The number of amides is 1. The Morgan fingerprint density at radius 1 is 1.23 bits per heavy atom. The Kier molecular flexibility index (Phi) is 7.30. The number of carbonyl (C=O) groups is 2. The highest BCUT2D eigenvalue weighted by Gasteiger charge is 2.41. The van der Waals surface area contributed by atoms with Crippen LogP contribution in [0.25, 0.3) is 0 Å². The summed E-state index contributed by atoms with van der Waals surface area (Å²) in [6.07, 6.45) is 4.02. The van der Waals surface area contributed by atoms with Crippen molar-refractivity contribution >= 4 is 11.9 Å². The molecule has 0 bridgehead atoms. The summed E-state index contributed by atoms with van der Waals surface area (Å²) in [6.45, 7) is 4.72. The third kappa shape index (κ3) is 5.38. The zero-order valence-corrected chi connectivity index (χ0v) is 15.6. The van der Waals surface area contributed by atoms with Crippen LogP contribution < -0.4 is 14.8 Å². The van der Waals surface area contributed by atoms with Crippen LogP contribution in [-0.2, 0) is 9.59 Å². The van der Waals surface area contributed by atoms with Gasteiger partial charge in [0.05, 0.1) is 24.7 Å². The molecule has 2 rings (SSSR count). The molecule has 1 fully saturated rings. The minimum absolute atomic E-state index is 0.123. The van der Waals surface area contributed by atoms with Crippen molar-refractivity contribution in [3.8, 4) is 11.5 Å². The Balaban J connectivity index is 1.79. The molecule has 26 heavy (non-hydrogen) atoms. The summed E-state index contributed by atoms with van der Waals surface area (Å²) < 4.78 is 11.2. The van der Waals surface area contributed by atoms with Crippen LogP contribution in [0.3, 0.4) is 0 Å². The Hall–Kier alpha value is -2.24. The summed E-state index contributed by atoms with van der Waals surface area (Å²) >= 11 is 0. The number of nitrogens with one attached hydrogen (secondary N) is 1. The minimum atomic E-state index is -0.830.